The van der Waals surface area contributed by atoms with E-state index in [1.165, 1.54) is 0 Å². The summed E-state index contributed by atoms with van der Waals surface area (Å²) in [6, 6.07) is 1.64. The van der Waals surface area contributed by atoms with Gasteiger partial charge in [0.05, 0.1) is 11.1 Å². The van der Waals surface area contributed by atoms with E-state index in [9.17, 15) is 13.6 Å². The molecule has 1 heterocycles. The summed E-state index contributed by atoms with van der Waals surface area (Å²) in [6.45, 7) is 0. The van der Waals surface area contributed by atoms with Gasteiger partial charge in [0.15, 0.2) is 12.0 Å². The summed E-state index contributed by atoms with van der Waals surface area (Å²) in [7, 11) is 0. The minimum absolute atomic E-state index is 0.0750. The normalized spacial score (nSPS) is 9.93. The maximum atomic E-state index is 12.3. The number of carbonyl (C=O) groups is 1. The second-order valence-corrected chi connectivity index (χ2v) is 3.11. The fourth-order valence-corrected chi connectivity index (χ4v) is 1.43. The average Bonchev–Trinajstić information content (AvgIpc) is 2.16. The number of nitriles is 1. The lowest BCUT2D eigenvalue weighted by atomic mass is 10.1. The van der Waals surface area contributed by atoms with Gasteiger partial charge in [-0.25, -0.2) is 13.8 Å². The predicted octanol–water partition coefficient (Wildman–Crippen LogP) is 2.47. The Labute approximate surface area is 86.5 Å². The summed E-state index contributed by atoms with van der Waals surface area (Å²) in [4.78, 5) is 14.0. The van der Waals surface area contributed by atoms with Gasteiger partial charge < -0.3 is 0 Å². The molecule has 0 fully saturated rings. The van der Waals surface area contributed by atoms with Gasteiger partial charge in [-0.2, -0.15) is 5.26 Å². The van der Waals surface area contributed by atoms with Gasteiger partial charge in [0, 0.05) is 10.7 Å². The van der Waals surface area contributed by atoms with Crippen LogP contribution in [0.2, 0.25) is 0 Å². The minimum Gasteiger partial charge on any atom is -0.298 e. The number of pyridine rings is 1. The highest BCUT2D eigenvalue weighted by Crippen LogP contribution is 2.29. The van der Waals surface area contributed by atoms with Crippen molar-refractivity contribution in [3.8, 4) is 6.07 Å². The molecule has 0 radical (unpaired) electrons. The zero-order valence-corrected chi connectivity index (χ0v) is 8.25. The molecule has 0 aliphatic carbocycles. The van der Waals surface area contributed by atoms with Crippen LogP contribution in [0.25, 0.3) is 0 Å². The van der Waals surface area contributed by atoms with Crippen molar-refractivity contribution in [2.24, 2.45) is 0 Å². The van der Waals surface area contributed by atoms with Crippen LogP contribution in [0.1, 0.15) is 28.0 Å². The van der Waals surface area contributed by atoms with Crippen LogP contribution in [0.4, 0.5) is 8.78 Å². The first-order valence-corrected chi connectivity index (χ1v) is 4.23. The van der Waals surface area contributed by atoms with E-state index in [1.54, 1.807) is 6.07 Å². The molecule has 1 aromatic rings. The van der Waals surface area contributed by atoms with Crippen LogP contribution in [0.15, 0.2) is 10.7 Å². The topological polar surface area (TPSA) is 53.8 Å². The largest absolute Gasteiger partial charge is 0.298 e. The second kappa shape index (κ2) is 4.24. The van der Waals surface area contributed by atoms with Crippen LogP contribution >= 0.6 is 15.9 Å². The third kappa shape index (κ3) is 1.77. The molecule has 6 heteroatoms. The number of alkyl halides is 2. The van der Waals surface area contributed by atoms with E-state index in [0.29, 0.717) is 6.29 Å². The fourth-order valence-electron chi connectivity index (χ4n) is 0.869. The molecule has 0 aliphatic rings. The zero-order chi connectivity index (χ0) is 10.7. The van der Waals surface area contributed by atoms with Gasteiger partial charge in [-0.3, -0.25) is 4.79 Å². The van der Waals surface area contributed by atoms with Crippen molar-refractivity contribution in [3.05, 3.63) is 27.5 Å². The molecular weight excluding hydrogens is 258 g/mol. The van der Waals surface area contributed by atoms with E-state index in [1.807, 2.05) is 0 Å². The van der Waals surface area contributed by atoms with Crippen molar-refractivity contribution in [2.75, 3.05) is 0 Å². The summed E-state index contributed by atoms with van der Waals surface area (Å²) in [5.74, 6) is 0. The SMILES string of the molecule is N#Cc1ncc(C(F)F)c(Br)c1C=O. The van der Waals surface area contributed by atoms with Gasteiger partial charge in [0.25, 0.3) is 6.43 Å². The van der Waals surface area contributed by atoms with Crippen molar-refractivity contribution >= 4 is 22.2 Å². The Morgan fingerprint density at radius 3 is 2.71 bits per heavy atom. The van der Waals surface area contributed by atoms with Crippen LogP contribution in [0.5, 0.6) is 0 Å². The molecule has 72 valence electrons. The molecule has 0 spiro atoms. The first kappa shape index (κ1) is 10.7. The molecule has 0 saturated heterocycles. The number of halogens is 3. The third-order valence-electron chi connectivity index (χ3n) is 1.54. The number of hydrogen-bond acceptors (Lipinski definition) is 3. The Bertz CT molecular complexity index is 415. The lowest BCUT2D eigenvalue weighted by Gasteiger charge is -2.05. The summed E-state index contributed by atoms with van der Waals surface area (Å²) in [5, 5.41) is 8.52. The average molecular weight is 261 g/mol. The maximum absolute atomic E-state index is 12.3. The Morgan fingerprint density at radius 1 is 1.64 bits per heavy atom. The minimum atomic E-state index is -2.73. The predicted molar refractivity (Wildman–Crippen MR) is 47.0 cm³/mol. The second-order valence-electron chi connectivity index (χ2n) is 2.32. The van der Waals surface area contributed by atoms with Crippen LogP contribution in [0, 0.1) is 11.3 Å². The number of carbonyl (C=O) groups excluding carboxylic acids is 1. The first-order chi connectivity index (χ1) is 6.61. The number of aromatic nitrogens is 1. The number of rotatable bonds is 2. The Hall–Kier alpha value is -1.35. The van der Waals surface area contributed by atoms with Gasteiger partial charge in [0.1, 0.15) is 6.07 Å². The highest BCUT2D eigenvalue weighted by atomic mass is 79.9. The molecule has 0 saturated carbocycles. The molecule has 0 aromatic carbocycles. The molecular formula is C8H3BrF2N2O. The van der Waals surface area contributed by atoms with Gasteiger partial charge in [-0.15, -0.1) is 0 Å². The molecule has 0 atom stereocenters. The van der Waals surface area contributed by atoms with Crippen LogP contribution in [0.3, 0.4) is 0 Å². The highest BCUT2D eigenvalue weighted by molar-refractivity contribution is 9.10. The molecule has 3 nitrogen and oxygen atoms in total. The maximum Gasteiger partial charge on any atom is 0.266 e. The van der Waals surface area contributed by atoms with Crippen molar-refractivity contribution in [3.63, 3.8) is 0 Å². The van der Waals surface area contributed by atoms with Gasteiger partial charge in [-0.05, 0) is 15.9 Å². The molecule has 1 aromatic heterocycles. The van der Waals surface area contributed by atoms with E-state index in [-0.39, 0.29) is 15.7 Å². The molecule has 1 rings (SSSR count). The highest BCUT2D eigenvalue weighted by Gasteiger charge is 2.17. The van der Waals surface area contributed by atoms with Crippen LogP contribution < -0.4 is 0 Å². The molecule has 0 N–H and O–H groups in total. The summed E-state index contributed by atoms with van der Waals surface area (Å²) in [6.07, 6.45) is -1.54. The Balaban J connectivity index is 3.44. The summed E-state index contributed by atoms with van der Waals surface area (Å²) in [5.41, 5.74) is -0.715. The smallest absolute Gasteiger partial charge is 0.266 e. The van der Waals surface area contributed by atoms with E-state index in [0.717, 1.165) is 6.20 Å². The molecule has 14 heavy (non-hydrogen) atoms. The lowest BCUT2D eigenvalue weighted by Crippen LogP contribution is -1.98. The van der Waals surface area contributed by atoms with Gasteiger partial charge >= 0.3 is 0 Å². The summed E-state index contributed by atoms with van der Waals surface area (Å²) < 4.78 is 24.5. The standard InChI is InChI=1S/C8H3BrF2N2O/c9-7-4(8(10)11)2-13-6(1-12)5(7)3-14/h2-3,8H. The van der Waals surface area contributed by atoms with Crippen molar-refractivity contribution < 1.29 is 13.6 Å². The van der Waals surface area contributed by atoms with Crippen LogP contribution in [-0.4, -0.2) is 11.3 Å². The number of hydrogen-bond donors (Lipinski definition) is 0. The van der Waals surface area contributed by atoms with E-state index >= 15 is 0 Å². The lowest BCUT2D eigenvalue weighted by molar-refractivity contribution is 0.112. The molecule has 0 amide bonds. The number of aldehydes is 1. The Kier molecular flexibility index (Phi) is 3.25. The van der Waals surface area contributed by atoms with Crippen molar-refractivity contribution in [1.82, 2.24) is 4.98 Å². The first-order valence-electron chi connectivity index (χ1n) is 3.43. The van der Waals surface area contributed by atoms with Gasteiger partial charge in [0.2, 0.25) is 0 Å². The number of nitrogens with zero attached hydrogens (tertiary/aromatic N) is 2. The summed E-state index contributed by atoms with van der Waals surface area (Å²) >= 11 is 2.83. The van der Waals surface area contributed by atoms with E-state index in [4.69, 9.17) is 5.26 Å². The van der Waals surface area contributed by atoms with Crippen molar-refractivity contribution in [2.45, 2.75) is 6.43 Å². The zero-order valence-electron chi connectivity index (χ0n) is 6.67. The molecule has 0 unspecified atom stereocenters. The van der Waals surface area contributed by atoms with E-state index in [2.05, 4.69) is 20.9 Å². The van der Waals surface area contributed by atoms with Gasteiger partial charge in [-0.1, -0.05) is 0 Å². The van der Waals surface area contributed by atoms with Crippen molar-refractivity contribution in [1.29, 1.82) is 5.26 Å². The Morgan fingerprint density at radius 2 is 2.29 bits per heavy atom. The monoisotopic (exact) mass is 260 g/mol. The molecule has 0 bridgehead atoms. The van der Waals surface area contributed by atoms with E-state index < -0.39 is 12.0 Å². The molecule has 0 aliphatic heterocycles. The fraction of sp³-hybridized carbons (Fsp3) is 0.125. The quantitative estimate of drug-likeness (QED) is 0.768. The van der Waals surface area contributed by atoms with Crippen LogP contribution in [-0.2, 0) is 0 Å². The third-order valence-corrected chi connectivity index (χ3v) is 2.42.